The van der Waals surface area contributed by atoms with Crippen LogP contribution in [0.3, 0.4) is 0 Å². The third kappa shape index (κ3) is 2.52. The Bertz CT molecular complexity index is 719. The zero-order chi connectivity index (χ0) is 13.4. The Balaban J connectivity index is 1.86. The molecule has 1 atom stereocenters. The van der Waals surface area contributed by atoms with Gasteiger partial charge in [-0.2, -0.15) is 0 Å². The standard InChI is InChI=1S/C14H12FNO2S/c1-8-7-19-14(16-8)6-11(17)13-5-9-4-10(15)2-3-12(9)18-13/h2-5,7,11,17H,6H2,1H3. The first kappa shape index (κ1) is 12.3. The summed E-state index contributed by atoms with van der Waals surface area (Å²) in [5.74, 6) is 0.123. The number of hydrogen-bond acceptors (Lipinski definition) is 4. The number of furan rings is 1. The molecule has 1 aromatic carbocycles. The molecule has 0 aliphatic carbocycles. The van der Waals surface area contributed by atoms with Crippen LogP contribution in [-0.2, 0) is 6.42 Å². The first-order valence-corrected chi connectivity index (χ1v) is 6.78. The van der Waals surface area contributed by atoms with Crippen LogP contribution >= 0.6 is 11.3 Å². The second-order valence-electron chi connectivity index (χ2n) is 4.43. The van der Waals surface area contributed by atoms with E-state index in [0.29, 0.717) is 23.2 Å². The highest BCUT2D eigenvalue weighted by atomic mass is 32.1. The Kier molecular flexibility index (Phi) is 3.08. The molecule has 0 amide bonds. The van der Waals surface area contributed by atoms with Crippen molar-refractivity contribution in [1.29, 1.82) is 0 Å². The van der Waals surface area contributed by atoms with Crippen LogP contribution in [0.5, 0.6) is 0 Å². The molecule has 0 spiro atoms. The number of rotatable bonds is 3. The van der Waals surface area contributed by atoms with Gasteiger partial charge in [-0.1, -0.05) is 0 Å². The average Bonchev–Trinajstić information content (AvgIpc) is 2.95. The fourth-order valence-corrected chi connectivity index (χ4v) is 2.77. The molecule has 1 N–H and O–H groups in total. The maximum Gasteiger partial charge on any atom is 0.134 e. The first-order chi connectivity index (χ1) is 9.11. The Labute approximate surface area is 113 Å². The molecule has 0 saturated heterocycles. The molecule has 2 heterocycles. The van der Waals surface area contributed by atoms with Gasteiger partial charge in [0.25, 0.3) is 0 Å². The van der Waals surface area contributed by atoms with Crippen molar-refractivity contribution in [2.75, 3.05) is 0 Å². The number of thiazole rings is 1. The molecule has 19 heavy (non-hydrogen) atoms. The molecule has 0 radical (unpaired) electrons. The van der Waals surface area contributed by atoms with Gasteiger partial charge in [-0.15, -0.1) is 11.3 Å². The number of nitrogens with zero attached hydrogens (tertiary/aromatic N) is 1. The molecule has 0 aliphatic heterocycles. The molecule has 3 rings (SSSR count). The minimum atomic E-state index is -0.763. The lowest BCUT2D eigenvalue weighted by Gasteiger charge is -2.04. The molecule has 98 valence electrons. The number of aliphatic hydroxyl groups excluding tert-OH is 1. The minimum Gasteiger partial charge on any atom is -0.458 e. The van der Waals surface area contributed by atoms with Crippen LogP contribution in [0.25, 0.3) is 11.0 Å². The molecule has 0 fully saturated rings. The van der Waals surface area contributed by atoms with Crippen molar-refractivity contribution in [2.24, 2.45) is 0 Å². The van der Waals surface area contributed by atoms with Crippen LogP contribution in [0, 0.1) is 12.7 Å². The second kappa shape index (κ2) is 4.75. The van der Waals surface area contributed by atoms with Crippen molar-refractivity contribution < 1.29 is 13.9 Å². The highest BCUT2D eigenvalue weighted by Crippen LogP contribution is 2.27. The Morgan fingerprint density at radius 1 is 1.42 bits per heavy atom. The maximum atomic E-state index is 13.1. The zero-order valence-electron chi connectivity index (χ0n) is 10.3. The van der Waals surface area contributed by atoms with Crippen molar-refractivity contribution in [3.63, 3.8) is 0 Å². The maximum absolute atomic E-state index is 13.1. The Hall–Kier alpha value is -1.72. The number of aliphatic hydroxyl groups is 1. The Morgan fingerprint density at radius 2 is 2.26 bits per heavy atom. The number of aromatic nitrogens is 1. The third-order valence-electron chi connectivity index (χ3n) is 2.86. The Morgan fingerprint density at radius 3 is 3.00 bits per heavy atom. The van der Waals surface area contributed by atoms with Gasteiger partial charge in [-0.05, 0) is 31.2 Å². The molecular formula is C14H12FNO2S. The van der Waals surface area contributed by atoms with Gasteiger partial charge in [-0.3, -0.25) is 0 Å². The van der Waals surface area contributed by atoms with Crippen LogP contribution in [0.15, 0.2) is 34.1 Å². The van der Waals surface area contributed by atoms with Gasteiger partial charge >= 0.3 is 0 Å². The molecule has 0 saturated carbocycles. The number of halogens is 1. The minimum absolute atomic E-state index is 0.315. The van der Waals surface area contributed by atoms with Crippen LogP contribution in [0.4, 0.5) is 4.39 Å². The SMILES string of the molecule is Cc1csc(CC(O)c2cc3cc(F)ccc3o2)n1. The highest BCUT2D eigenvalue weighted by molar-refractivity contribution is 7.09. The molecular weight excluding hydrogens is 265 g/mol. The number of hydrogen-bond donors (Lipinski definition) is 1. The van der Waals surface area contributed by atoms with Gasteiger partial charge in [0, 0.05) is 22.9 Å². The lowest BCUT2D eigenvalue weighted by atomic mass is 10.2. The quantitative estimate of drug-likeness (QED) is 0.795. The fraction of sp³-hybridized carbons (Fsp3) is 0.214. The van der Waals surface area contributed by atoms with E-state index in [1.54, 1.807) is 12.1 Å². The van der Waals surface area contributed by atoms with Crippen LogP contribution in [-0.4, -0.2) is 10.1 Å². The number of aryl methyl sites for hydroxylation is 1. The lowest BCUT2D eigenvalue weighted by molar-refractivity contribution is 0.152. The first-order valence-electron chi connectivity index (χ1n) is 5.90. The third-order valence-corrected chi connectivity index (χ3v) is 3.85. The summed E-state index contributed by atoms with van der Waals surface area (Å²) in [7, 11) is 0. The summed E-state index contributed by atoms with van der Waals surface area (Å²) in [4.78, 5) is 4.30. The van der Waals surface area contributed by atoms with Crippen molar-refractivity contribution >= 4 is 22.3 Å². The molecule has 1 unspecified atom stereocenters. The summed E-state index contributed by atoms with van der Waals surface area (Å²) in [6.45, 7) is 1.91. The van der Waals surface area contributed by atoms with E-state index in [9.17, 15) is 9.50 Å². The predicted octanol–water partition coefficient (Wildman–Crippen LogP) is 3.61. The normalized spacial score (nSPS) is 13.0. The van der Waals surface area contributed by atoms with Gasteiger partial charge in [0.1, 0.15) is 23.3 Å². The summed E-state index contributed by atoms with van der Waals surface area (Å²) in [6.07, 6.45) is -0.359. The van der Waals surface area contributed by atoms with Crippen LogP contribution < -0.4 is 0 Å². The molecule has 3 nitrogen and oxygen atoms in total. The zero-order valence-corrected chi connectivity index (χ0v) is 11.1. The monoisotopic (exact) mass is 277 g/mol. The molecule has 3 aromatic rings. The largest absolute Gasteiger partial charge is 0.458 e. The highest BCUT2D eigenvalue weighted by Gasteiger charge is 2.16. The van der Waals surface area contributed by atoms with E-state index < -0.39 is 6.10 Å². The van der Waals surface area contributed by atoms with E-state index in [0.717, 1.165) is 10.7 Å². The number of benzene rings is 1. The average molecular weight is 277 g/mol. The molecule has 0 aliphatic rings. The van der Waals surface area contributed by atoms with E-state index in [4.69, 9.17) is 4.42 Å². The van der Waals surface area contributed by atoms with Gasteiger partial charge < -0.3 is 9.52 Å². The molecule has 2 aromatic heterocycles. The van der Waals surface area contributed by atoms with E-state index in [2.05, 4.69) is 4.98 Å². The van der Waals surface area contributed by atoms with Gasteiger partial charge in [0.05, 0.1) is 5.01 Å². The van der Waals surface area contributed by atoms with Gasteiger partial charge in [0.15, 0.2) is 0 Å². The van der Waals surface area contributed by atoms with E-state index in [1.165, 1.54) is 23.5 Å². The van der Waals surface area contributed by atoms with E-state index >= 15 is 0 Å². The summed E-state index contributed by atoms with van der Waals surface area (Å²) < 4.78 is 18.6. The lowest BCUT2D eigenvalue weighted by Crippen LogP contribution is -1.99. The molecule has 5 heteroatoms. The van der Waals surface area contributed by atoms with Crippen molar-refractivity contribution in [3.05, 3.63) is 51.9 Å². The number of fused-ring (bicyclic) bond motifs is 1. The topological polar surface area (TPSA) is 46.3 Å². The van der Waals surface area contributed by atoms with Crippen molar-refractivity contribution in [1.82, 2.24) is 4.98 Å². The smallest absolute Gasteiger partial charge is 0.134 e. The second-order valence-corrected chi connectivity index (χ2v) is 5.38. The van der Waals surface area contributed by atoms with Crippen molar-refractivity contribution in [2.45, 2.75) is 19.4 Å². The van der Waals surface area contributed by atoms with Crippen molar-refractivity contribution in [3.8, 4) is 0 Å². The van der Waals surface area contributed by atoms with Gasteiger partial charge in [-0.25, -0.2) is 9.37 Å². The summed E-state index contributed by atoms with van der Waals surface area (Å²) in [5.41, 5.74) is 1.52. The summed E-state index contributed by atoms with van der Waals surface area (Å²) in [6, 6.07) is 5.97. The van der Waals surface area contributed by atoms with Crippen LogP contribution in [0.2, 0.25) is 0 Å². The van der Waals surface area contributed by atoms with E-state index in [1.807, 2.05) is 12.3 Å². The summed E-state index contributed by atoms with van der Waals surface area (Å²) in [5, 5.41) is 13.6. The predicted molar refractivity (Wildman–Crippen MR) is 71.7 cm³/mol. The van der Waals surface area contributed by atoms with Gasteiger partial charge in [0.2, 0.25) is 0 Å². The van der Waals surface area contributed by atoms with E-state index in [-0.39, 0.29) is 5.82 Å². The van der Waals surface area contributed by atoms with Crippen LogP contribution in [0.1, 0.15) is 22.6 Å². The fourth-order valence-electron chi connectivity index (χ4n) is 1.96. The summed E-state index contributed by atoms with van der Waals surface area (Å²) >= 11 is 1.51. The molecule has 0 bridgehead atoms.